The van der Waals surface area contributed by atoms with E-state index in [4.69, 9.17) is 14.1 Å². The molecule has 3 aromatic heterocycles. The summed E-state index contributed by atoms with van der Waals surface area (Å²) in [5.41, 5.74) is 1.13. The minimum Gasteiger partial charge on any atom is -0.468 e. The molecule has 0 aliphatic heterocycles. The number of fused-ring (bicyclic) bond motifs is 3. The minimum absolute atomic E-state index is 0.0603. The monoisotopic (exact) mass is 431 g/mol. The molecule has 0 amide bonds. The molecule has 8 heteroatoms. The third-order valence-electron chi connectivity index (χ3n) is 5.53. The van der Waals surface area contributed by atoms with E-state index in [1.165, 1.54) is 10.4 Å². The van der Waals surface area contributed by atoms with E-state index >= 15 is 0 Å². The summed E-state index contributed by atoms with van der Waals surface area (Å²) >= 11 is 1.65. The largest absolute Gasteiger partial charge is 0.468 e. The third kappa shape index (κ3) is 4.83. The van der Waals surface area contributed by atoms with Gasteiger partial charge in [0.1, 0.15) is 16.4 Å². The molecule has 7 nitrogen and oxygen atoms in total. The summed E-state index contributed by atoms with van der Waals surface area (Å²) in [6.45, 7) is 6.30. The van der Waals surface area contributed by atoms with Crippen LogP contribution in [-0.2, 0) is 30.7 Å². The predicted octanol–water partition coefficient (Wildman–Crippen LogP) is 3.10. The first kappa shape index (κ1) is 21.2. The lowest BCUT2D eigenvalue weighted by Crippen LogP contribution is -2.35. The Kier molecular flexibility index (Phi) is 6.67. The number of hydrogen-bond donors (Lipinski definition) is 2. The van der Waals surface area contributed by atoms with Gasteiger partial charge in [-0.25, -0.2) is 4.98 Å². The van der Waals surface area contributed by atoms with Gasteiger partial charge in [0.15, 0.2) is 0 Å². The zero-order chi connectivity index (χ0) is 21.1. The second kappa shape index (κ2) is 9.43. The van der Waals surface area contributed by atoms with Crippen molar-refractivity contribution in [2.24, 2.45) is 5.92 Å². The molecule has 0 radical (unpaired) electrons. The van der Waals surface area contributed by atoms with Gasteiger partial charge in [0, 0.05) is 18.0 Å². The van der Waals surface area contributed by atoms with Gasteiger partial charge < -0.3 is 19.2 Å². The van der Waals surface area contributed by atoms with E-state index in [0.717, 1.165) is 35.2 Å². The summed E-state index contributed by atoms with van der Waals surface area (Å²) in [5, 5.41) is 11.1. The zero-order valence-electron chi connectivity index (χ0n) is 17.5. The lowest BCUT2D eigenvalue weighted by molar-refractivity contribution is 0.0163. The van der Waals surface area contributed by atoms with Gasteiger partial charge in [0.2, 0.25) is 0 Å². The van der Waals surface area contributed by atoms with E-state index < -0.39 is 6.10 Å². The Morgan fingerprint density at radius 3 is 3.10 bits per heavy atom. The van der Waals surface area contributed by atoms with Crippen LogP contribution in [0.3, 0.4) is 0 Å². The number of H-pyrrole nitrogens is 1. The van der Waals surface area contributed by atoms with Crippen molar-refractivity contribution in [3.05, 3.63) is 50.8 Å². The number of thiophene rings is 1. The number of rotatable bonds is 9. The van der Waals surface area contributed by atoms with Crippen LogP contribution in [-0.4, -0.2) is 45.8 Å². The number of aromatic amines is 1. The zero-order valence-corrected chi connectivity index (χ0v) is 18.3. The van der Waals surface area contributed by atoms with Crippen molar-refractivity contribution in [3.8, 4) is 0 Å². The summed E-state index contributed by atoms with van der Waals surface area (Å²) in [5.74, 6) is 2.05. The fourth-order valence-electron chi connectivity index (χ4n) is 4.09. The molecule has 1 aliphatic carbocycles. The van der Waals surface area contributed by atoms with Gasteiger partial charge in [-0.2, -0.15) is 0 Å². The highest BCUT2D eigenvalue weighted by Gasteiger charge is 2.23. The van der Waals surface area contributed by atoms with Crippen molar-refractivity contribution in [3.63, 3.8) is 0 Å². The molecule has 2 atom stereocenters. The molecule has 30 heavy (non-hydrogen) atoms. The minimum atomic E-state index is -0.633. The first-order valence-corrected chi connectivity index (χ1v) is 11.4. The summed E-state index contributed by atoms with van der Waals surface area (Å²) in [7, 11) is 0. The molecule has 0 aromatic carbocycles. The second-order valence-corrected chi connectivity index (χ2v) is 9.19. The predicted molar refractivity (Wildman–Crippen MR) is 117 cm³/mol. The molecule has 0 saturated heterocycles. The number of nitrogens with one attached hydrogen (secondary N) is 1. The SMILES string of the molecule is CCOC[C@@H](O)CN(Cc1nc2sc3c(c2c(=O)[nH]1)CC[C@@H](C)C3)Cc1ccco1. The number of aliphatic hydroxyl groups excluding tert-OH is 1. The summed E-state index contributed by atoms with van der Waals surface area (Å²) in [6, 6.07) is 3.74. The Morgan fingerprint density at radius 1 is 1.47 bits per heavy atom. The number of furan rings is 1. The standard InChI is InChI=1S/C22H29N3O4S/c1-3-28-13-15(26)10-25(11-16-5-4-8-29-16)12-19-23-21(27)20-17-7-6-14(2)9-18(17)30-22(20)24-19/h4-5,8,14-15,26H,3,6-7,9-13H2,1-2H3,(H,23,24,27)/t14-,15+/m1/s1. The van der Waals surface area contributed by atoms with Crippen LogP contribution < -0.4 is 5.56 Å². The average Bonchev–Trinajstić information content (AvgIpc) is 3.33. The van der Waals surface area contributed by atoms with Crippen molar-refractivity contribution in [1.29, 1.82) is 0 Å². The second-order valence-electron chi connectivity index (χ2n) is 8.11. The van der Waals surface area contributed by atoms with Crippen LogP contribution in [0.5, 0.6) is 0 Å². The van der Waals surface area contributed by atoms with Crippen LogP contribution in [0.4, 0.5) is 0 Å². The lowest BCUT2D eigenvalue weighted by atomic mass is 9.89. The molecule has 4 rings (SSSR count). The molecular weight excluding hydrogens is 402 g/mol. The molecule has 0 unspecified atom stereocenters. The summed E-state index contributed by atoms with van der Waals surface area (Å²) in [4.78, 5) is 24.8. The highest BCUT2D eigenvalue weighted by molar-refractivity contribution is 7.18. The van der Waals surface area contributed by atoms with Gasteiger partial charge >= 0.3 is 0 Å². The van der Waals surface area contributed by atoms with Crippen molar-refractivity contribution < 1.29 is 14.3 Å². The molecule has 1 aliphatic rings. The maximum Gasteiger partial charge on any atom is 0.259 e. The normalized spacial score (nSPS) is 17.5. The third-order valence-corrected chi connectivity index (χ3v) is 6.68. The van der Waals surface area contributed by atoms with Crippen LogP contribution in [0.2, 0.25) is 0 Å². The quantitative estimate of drug-likeness (QED) is 0.541. The topological polar surface area (TPSA) is 91.6 Å². The van der Waals surface area contributed by atoms with E-state index in [1.807, 2.05) is 24.0 Å². The molecule has 0 spiro atoms. The van der Waals surface area contributed by atoms with Gasteiger partial charge in [-0.1, -0.05) is 6.92 Å². The lowest BCUT2D eigenvalue weighted by Gasteiger charge is -2.23. The summed E-state index contributed by atoms with van der Waals surface area (Å²) < 4.78 is 10.8. The Morgan fingerprint density at radius 2 is 2.33 bits per heavy atom. The molecular formula is C22H29N3O4S. The van der Waals surface area contributed by atoms with Gasteiger partial charge in [-0.05, 0) is 49.8 Å². The highest BCUT2D eigenvalue weighted by atomic mass is 32.1. The van der Waals surface area contributed by atoms with E-state index in [2.05, 4.69) is 11.9 Å². The maximum absolute atomic E-state index is 12.9. The number of aryl methyl sites for hydroxylation is 1. The van der Waals surface area contributed by atoms with Gasteiger partial charge in [0.05, 0.1) is 37.4 Å². The number of aliphatic hydroxyl groups is 1. The molecule has 2 N–H and O–H groups in total. The number of hydrogen-bond acceptors (Lipinski definition) is 7. The van der Waals surface area contributed by atoms with E-state index in [1.54, 1.807) is 17.6 Å². The highest BCUT2D eigenvalue weighted by Crippen LogP contribution is 2.35. The van der Waals surface area contributed by atoms with E-state index in [0.29, 0.717) is 38.0 Å². The average molecular weight is 432 g/mol. The molecule has 3 heterocycles. The number of nitrogens with zero attached hydrogens (tertiary/aromatic N) is 2. The van der Waals surface area contributed by atoms with Crippen molar-refractivity contribution >= 4 is 21.6 Å². The Bertz CT molecular complexity index is 1030. The van der Waals surface area contributed by atoms with Gasteiger partial charge in [-0.3, -0.25) is 9.69 Å². The Hall–Kier alpha value is -2.00. The number of aromatic nitrogens is 2. The molecule has 3 aromatic rings. The molecule has 0 fully saturated rings. The fourth-order valence-corrected chi connectivity index (χ4v) is 5.49. The smallest absolute Gasteiger partial charge is 0.259 e. The van der Waals surface area contributed by atoms with Crippen molar-refractivity contribution in [1.82, 2.24) is 14.9 Å². The Labute approximate surface area is 179 Å². The Balaban J connectivity index is 1.57. The van der Waals surface area contributed by atoms with E-state index in [-0.39, 0.29) is 12.2 Å². The van der Waals surface area contributed by atoms with Crippen molar-refractivity contribution in [2.75, 3.05) is 19.8 Å². The van der Waals surface area contributed by atoms with Crippen LogP contribution >= 0.6 is 11.3 Å². The van der Waals surface area contributed by atoms with E-state index in [9.17, 15) is 9.90 Å². The van der Waals surface area contributed by atoms with Crippen LogP contribution in [0.15, 0.2) is 27.6 Å². The van der Waals surface area contributed by atoms with Gasteiger partial charge in [-0.15, -0.1) is 11.3 Å². The summed E-state index contributed by atoms with van der Waals surface area (Å²) in [6.07, 6.45) is 4.10. The first-order valence-electron chi connectivity index (χ1n) is 10.6. The van der Waals surface area contributed by atoms with Gasteiger partial charge in [0.25, 0.3) is 5.56 Å². The molecule has 0 bridgehead atoms. The molecule has 0 saturated carbocycles. The van der Waals surface area contributed by atoms with Crippen LogP contribution in [0.25, 0.3) is 10.2 Å². The fraction of sp³-hybridized carbons (Fsp3) is 0.545. The number of ether oxygens (including phenoxy) is 1. The first-order chi connectivity index (χ1) is 14.5. The van der Waals surface area contributed by atoms with Crippen molar-refractivity contribution in [2.45, 2.75) is 52.3 Å². The molecule has 162 valence electrons. The van der Waals surface area contributed by atoms with Crippen LogP contribution in [0, 0.1) is 5.92 Å². The maximum atomic E-state index is 12.9. The van der Waals surface area contributed by atoms with Crippen LogP contribution in [0.1, 0.15) is 42.3 Å².